The smallest absolute Gasteiger partial charge is 0.236 e. The predicted molar refractivity (Wildman–Crippen MR) is 81.4 cm³/mol. The van der Waals surface area contributed by atoms with Gasteiger partial charge in [0.15, 0.2) is 0 Å². The molecule has 0 aliphatic carbocycles. The quantitative estimate of drug-likeness (QED) is 0.874. The number of hydrogen-bond donors (Lipinski definition) is 2. The summed E-state index contributed by atoms with van der Waals surface area (Å²) in [6, 6.07) is 19.9. The summed E-state index contributed by atoms with van der Waals surface area (Å²) in [4.78, 5) is 11.7. The van der Waals surface area contributed by atoms with Crippen molar-refractivity contribution in [2.75, 3.05) is 6.54 Å². The monoisotopic (exact) mass is 268 g/mol. The van der Waals surface area contributed by atoms with Crippen molar-refractivity contribution in [3.8, 4) is 0 Å². The lowest BCUT2D eigenvalue weighted by atomic mass is 9.91. The zero-order valence-electron chi connectivity index (χ0n) is 11.6. The topological polar surface area (TPSA) is 55.1 Å². The molecular weight excluding hydrogens is 248 g/mol. The Morgan fingerprint density at radius 2 is 1.45 bits per heavy atom. The van der Waals surface area contributed by atoms with Gasteiger partial charge in [0.1, 0.15) is 0 Å². The highest BCUT2D eigenvalue weighted by Gasteiger charge is 2.16. The van der Waals surface area contributed by atoms with Crippen LogP contribution in [0, 0.1) is 0 Å². The van der Waals surface area contributed by atoms with E-state index in [0.29, 0.717) is 6.54 Å². The van der Waals surface area contributed by atoms with Gasteiger partial charge < -0.3 is 11.1 Å². The number of nitrogens with one attached hydrogen (secondary N) is 1. The Morgan fingerprint density at radius 3 is 1.85 bits per heavy atom. The number of hydrogen-bond acceptors (Lipinski definition) is 2. The van der Waals surface area contributed by atoms with Gasteiger partial charge in [0.25, 0.3) is 0 Å². The number of amides is 1. The molecule has 0 bridgehead atoms. The molecule has 0 saturated heterocycles. The maximum atomic E-state index is 11.7. The highest BCUT2D eigenvalue weighted by Crippen LogP contribution is 2.23. The van der Waals surface area contributed by atoms with Gasteiger partial charge >= 0.3 is 0 Å². The fourth-order valence-electron chi connectivity index (χ4n) is 2.16. The second-order valence-corrected chi connectivity index (χ2v) is 4.91. The molecule has 0 fully saturated rings. The highest BCUT2D eigenvalue weighted by atomic mass is 16.2. The van der Waals surface area contributed by atoms with E-state index in [4.69, 9.17) is 5.73 Å². The van der Waals surface area contributed by atoms with Crippen molar-refractivity contribution in [2.24, 2.45) is 5.73 Å². The Bertz CT molecular complexity index is 498. The lowest BCUT2D eigenvalue weighted by Crippen LogP contribution is -2.40. The molecule has 0 spiro atoms. The first-order chi connectivity index (χ1) is 9.68. The summed E-state index contributed by atoms with van der Waals surface area (Å²) < 4.78 is 0. The molecule has 2 aromatic carbocycles. The minimum atomic E-state index is -0.484. The normalized spacial score (nSPS) is 12.2. The van der Waals surface area contributed by atoms with Crippen LogP contribution in [0.1, 0.15) is 24.0 Å². The predicted octanol–water partition coefficient (Wildman–Crippen LogP) is 2.28. The van der Waals surface area contributed by atoms with Crippen LogP contribution in [0.5, 0.6) is 0 Å². The number of rotatable bonds is 5. The van der Waals surface area contributed by atoms with Crippen LogP contribution < -0.4 is 11.1 Å². The summed E-state index contributed by atoms with van der Waals surface area (Å²) in [6.07, 6.45) is 0. The van der Waals surface area contributed by atoms with E-state index in [1.165, 1.54) is 11.1 Å². The van der Waals surface area contributed by atoms with Crippen molar-refractivity contribution >= 4 is 5.91 Å². The Morgan fingerprint density at radius 1 is 1.00 bits per heavy atom. The van der Waals surface area contributed by atoms with E-state index in [1.54, 1.807) is 6.92 Å². The first-order valence-electron chi connectivity index (χ1n) is 6.81. The van der Waals surface area contributed by atoms with Crippen molar-refractivity contribution in [3.05, 3.63) is 71.8 Å². The zero-order chi connectivity index (χ0) is 14.4. The summed E-state index contributed by atoms with van der Waals surface area (Å²) in [6.45, 7) is 2.24. The van der Waals surface area contributed by atoms with Gasteiger partial charge in [-0.3, -0.25) is 4.79 Å². The summed E-state index contributed by atoms with van der Waals surface area (Å²) in [5.41, 5.74) is 7.96. The van der Waals surface area contributed by atoms with Crippen molar-refractivity contribution in [1.29, 1.82) is 0 Å². The van der Waals surface area contributed by atoms with Crippen LogP contribution in [-0.2, 0) is 4.79 Å². The molecule has 0 radical (unpaired) electrons. The molecule has 0 aromatic heterocycles. The van der Waals surface area contributed by atoms with Crippen molar-refractivity contribution < 1.29 is 4.79 Å². The molecule has 104 valence electrons. The molecule has 3 nitrogen and oxygen atoms in total. The van der Waals surface area contributed by atoms with Crippen LogP contribution in [-0.4, -0.2) is 18.5 Å². The van der Waals surface area contributed by atoms with E-state index in [0.717, 1.165) is 0 Å². The lowest BCUT2D eigenvalue weighted by Gasteiger charge is -2.19. The summed E-state index contributed by atoms with van der Waals surface area (Å²) in [7, 11) is 0. The van der Waals surface area contributed by atoms with Crippen molar-refractivity contribution in [2.45, 2.75) is 18.9 Å². The van der Waals surface area contributed by atoms with Gasteiger partial charge in [-0.1, -0.05) is 60.7 Å². The second kappa shape index (κ2) is 6.87. The van der Waals surface area contributed by atoms with Gasteiger partial charge in [0.05, 0.1) is 6.04 Å². The fourth-order valence-corrected chi connectivity index (χ4v) is 2.16. The third-order valence-corrected chi connectivity index (χ3v) is 3.30. The molecule has 3 N–H and O–H groups in total. The van der Waals surface area contributed by atoms with Gasteiger partial charge in [-0.05, 0) is 18.1 Å². The Kier molecular flexibility index (Phi) is 4.91. The first kappa shape index (κ1) is 14.3. The molecule has 0 saturated carbocycles. The van der Waals surface area contributed by atoms with E-state index < -0.39 is 6.04 Å². The van der Waals surface area contributed by atoms with Gasteiger partial charge in [-0.15, -0.1) is 0 Å². The molecule has 3 heteroatoms. The van der Waals surface area contributed by atoms with Crippen LogP contribution in [0.25, 0.3) is 0 Å². The maximum Gasteiger partial charge on any atom is 0.236 e. The van der Waals surface area contributed by atoms with E-state index in [9.17, 15) is 4.79 Å². The van der Waals surface area contributed by atoms with E-state index in [1.807, 2.05) is 36.4 Å². The maximum absolute atomic E-state index is 11.7. The second-order valence-electron chi connectivity index (χ2n) is 4.91. The molecule has 2 aromatic rings. The summed E-state index contributed by atoms with van der Waals surface area (Å²) >= 11 is 0. The summed E-state index contributed by atoms with van der Waals surface area (Å²) in [5.74, 6) is 0.0157. The number of carbonyl (C=O) groups excluding carboxylic acids is 1. The average Bonchev–Trinajstić information content (AvgIpc) is 2.49. The van der Waals surface area contributed by atoms with Gasteiger partial charge in [-0.2, -0.15) is 0 Å². The first-order valence-corrected chi connectivity index (χ1v) is 6.81. The third-order valence-electron chi connectivity index (χ3n) is 3.30. The molecule has 2 rings (SSSR count). The lowest BCUT2D eigenvalue weighted by molar-refractivity contribution is -0.122. The Balaban J connectivity index is 2.20. The molecule has 0 aliphatic rings. The molecule has 1 amide bonds. The van der Waals surface area contributed by atoms with E-state index in [2.05, 4.69) is 29.6 Å². The molecule has 20 heavy (non-hydrogen) atoms. The number of benzene rings is 2. The van der Waals surface area contributed by atoms with Crippen LogP contribution >= 0.6 is 0 Å². The molecule has 1 atom stereocenters. The van der Waals surface area contributed by atoms with Crippen molar-refractivity contribution in [1.82, 2.24) is 5.32 Å². The average molecular weight is 268 g/mol. The molecule has 0 unspecified atom stereocenters. The van der Waals surface area contributed by atoms with Crippen LogP contribution in [0.15, 0.2) is 60.7 Å². The summed E-state index contributed by atoms with van der Waals surface area (Å²) in [5, 5.41) is 2.92. The number of carbonyl (C=O) groups is 1. The van der Waals surface area contributed by atoms with Crippen LogP contribution in [0.2, 0.25) is 0 Å². The van der Waals surface area contributed by atoms with Crippen molar-refractivity contribution in [3.63, 3.8) is 0 Å². The molecule has 0 heterocycles. The fraction of sp³-hybridized carbons (Fsp3) is 0.235. The molecule has 0 aliphatic heterocycles. The SMILES string of the molecule is C[C@H](N)C(=O)NCC(c1ccccc1)c1ccccc1. The highest BCUT2D eigenvalue weighted by molar-refractivity contribution is 5.81. The van der Waals surface area contributed by atoms with Crippen LogP contribution in [0.4, 0.5) is 0 Å². The molecular formula is C17H20N2O. The van der Waals surface area contributed by atoms with Crippen LogP contribution in [0.3, 0.4) is 0 Å². The minimum Gasteiger partial charge on any atom is -0.354 e. The van der Waals surface area contributed by atoms with Gasteiger partial charge in [0.2, 0.25) is 5.91 Å². The standard InChI is InChI=1S/C17H20N2O/c1-13(18)17(20)19-12-16(14-8-4-2-5-9-14)15-10-6-3-7-11-15/h2-11,13,16H,12,18H2,1H3,(H,19,20)/t13-/m0/s1. The minimum absolute atomic E-state index is 0.123. The van der Waals surface area contributed by atoms with E-state index in [-0.39, 0.29) is 11.8 Å². The Labute approximate surface area is 119 Å². The largest absolute Gasteiger partial charge is 0.354 e. The van der Waals surface area contributed by atoms with E-state index >= 15 is 0 Å². The third kappa shape index (κ3) is 3.68. The van der Waals surface area contributed by atoms with Gasteiger partial charge in [-0.25, -0.2) is 0 Å². The van der Waals surface area contributed by atoms with Gasteiger partial charge in [0, 0.05) is 12.5 Å². The number of nitrogens with two attached hydrogens (primary N) is 1. The zero-order valence-corrected chi connectivity index (χ0v) is 11.6. The Hall–Kier alpha value is -2.13.